The molecule has 7 rings (SSSR count). The molecule has 0 spiro atoms. The molecule has 0 atom stereocenters. The summed E-state index contributed by atoms with van der Waals surface area (Å²) in [6.07, 6.45) is 1.33. The fourth-order valence-corrected chi connectivity index (χ4v) is 4.94. The molecule has 7 aromatic rings. The molecular formula is C41H37IrN3O-2. The summed E-state index contributed by atoms with van der Waals surface area (Å²) in [6.45, 7) is -1.24. The van der Waals surface area contributed by atoms with Crippen LogP contribution in [0.3, 0.4) is 0 Å². The minimum Gasteiger partial charge on any atom is -0.486 e. The van der Waals surface area contributed by atoms with E-state index in [1.165, 1.54) is 24.4 Å². The predicted molar refractivity (Wildman–Crippen MR) is 185 cm³/mol. The Kier molecular flexibility index (Phi) is 6.46. The van der Waals surface area contributed by atoms with Gasteiger partial charge in [0.1, 0.15) is 0 Å². The number of rotatable bonds is 4. The van der Waals surface area contributed by atoms with E-state index in [0.29, 0.717) is 44.6 Å². The first-order valence-corrected chi connectivity index (χ1v) is 14.4. The van der Waals surface area contributed by atoms with Crippen LogP contribution in [0.4, 0.5) is 0 Å². The molecule has 3 aromatic carbocycles. The van der Waals surface area contributed by atoms with E-state index in [9.17, 15) is 0 Å². The monoisotopic (exact) mass is 791 g/mol. The maximum absolute atomic E-state index is 8.55. The quantitative estimate of drug-likeness (QED) is 0.167. The van der Waals surface area contributed by atoms with Crippen molar-refractivity contribution < 1.29 is 39.6 Å². The first-order chi connectivity index (χ1) is 26.1. The van der Waals surface area contributed by atoms with Crippen molar-refractivity contribution in [2.24, 2.45) is 5.41 Å². The normalized spacial score (nSPS) is 15.8. The molecule has 0 unspecified atom stereocenters. The SMILES string of the molecule is [2H]C([2H])([2H])c1ccc(-c2[c-]cc(C([2H])([2H])[2H])c(-c3ccccc3)c2)nc1.[2H]C([2H])([2H])c1ccc2c(n1)oc1c(-c3cc(C([2H])([2H])C(C)(C)C)ccn3)[c-]ccc12.[Ir]. The summed E-state index contributed by atoms with van der Waals surface area (Å²) >= 11 is 0. The fourth-order valence-electron chi connectivity index (χ4n) is 4.94. The van der Waals surface area contributed by atoms with Crippen molar-refractivity contribution in [1.82, 2.24) is 15.0 Å². The molecular weight excluding hydrogens is 743 g/mol. The van der Waals surface area contributed by atoms with Gasteiger partial charge in [0.15, 0.2) is 0 Å². The Morgan fingerprint density at radius 2 is 1.72 bits per heavy atom. The summed E-state index contributed by atoms with van der Waals surface area (Å²) < 4.78 is 91.3. The van der Waals surface area contributed by atoms with E-state index in [2.05, 4.69) is 27.1 Å². The number of pyridine rings is 3. The summed E-state index contributed by atoms with van der Waals surface area (Å²) in [4.78, 5) is 12.8. The van der Waals surface area contributed by atoms with Crippen molar-refractivity contribution in [3.63, 3.8) is 0 Å². The van der Waals surface area contributed by atoms with Gasteiger partial charge in [-0.25, -0.2) is 4.98 Å². The summed E-state index contributed by atoms with van der Waals surface area (Å²) in [5.41, 5.74) is 4.60. The smallest absolute Gasteiger partial charge is 0.216 e. The van der Waals surface area contributed by atoms with Gasteiger partial charge >= 0.3 is 0 Å². The average molecular weight is 791 g/mol. The van der Waals surface area contributed by atoms with Crippen LogP contribution in [0.1, 0.15) is 58.2 Å². The summed E-state index contributed by atoms with van der Waals surface area (Å²) in [5, 5.41) is 1.48. The van der Waals surface area contributed by atoms with E-state index in [0.717, 1.165) is 10.9 Å². The number of aromatic nitrogens is 3. The molecule has 0 amide bonds. The van der Waals surface area contributed by atoms with Gasteiger partial charge in [0, 0.05) is 58.7 Å². The molecule has 0 saturated heterocycles. The predicted octanol–water partition coefficient (Wildman–Crippen LogP) is 10.6. The van der Waals surface area contributed by atoms with Gasteiger partial charge in [0.2, 0.25) is 5.71 Å². The van der Waals surface area contributed by atoms with Gasteiger partial charge in [-0.05, 0) is 66.2 Å². The average Bonchev–Trinajstić information content (AvgIpc) is 3.52. The molecule has 0 fully saturated rings. The topological polar surface area (TPSA) is 51.8 Å². The van der Waals surface area contributed by atoms with Gasteiger partial charge < -0.3 is 14.4 Å². The molecule has 4 nitrogen and oxygen atoms in total. The van der Waals surface area contributed by atoms with E-state index >= 15 is 0 Å². The zero-order valence-electron chi connectivity index (χ0n) is 36.4. The van der Waals surface area contributed by atoms with Crippen LogP contribution in [0.2, 0.25) is 0 Å². The van der Waals surface area contributed by atoms with Gasteiger partial charge in [0.25, 0.3) is 0 Å². The van der Waals surface area contributed by atoms with E-state index in [1.54, 1.807) is 42.6 Å². The van der Waals surface area contributed by atoms with Crippen molar-refractivity contribution in [3.8, 4) is 33.6 Å². The number of benzene rings is 3. The zero-order valence-corrected chi connectivity index (χ0v) is 27.8. The number of nitrogens with zero attached hydrogens (tertiary/aromatic N) is 3. The van der Waals surface area contributed by atoms with Crippen LogP contribution in [0, 0.1) is 38.1 Å². The second kappa shape index (κ2) is 13.9. The first kappa shape index (κ1) is 21.4. The van der Waals surface area contributed by atoms with Gasteiger partial charge in [-0.3, -0.25) is 0 Å². The maximum atomic E-state index is 8.55. The van der Waals surface area contributed by atoms with Crippen LogP contribution in [0.5, 0.6) is 0 Å². The molecule has 0 aliphatic rings. The van der Waals surface area contributed by atoms with Crippen LogP contribution < -0.4 is 0 Å². The van der Waals surface area contributed by atoms with Gasteiger partial charge in [-0.1, -0.05) is 98.2 Å². The number of hydrogen-bond acceptors (Lipinski definition) is 4. The molecule has 4 heterocycles. The molecule has 5 heteroatoms. The Hall–Kier alpha value is -4.44. The van der Waals surface area contributed by atoms with Crippen molar-refractivity contribution in [2.45, 2.75) is 47.7 Å². The van der Waals surface area contributed by atoms with Crippen LogP contribution in [0.25, 0.3) is 55.7 Å². The molecule has 233 valence electrons. The minimum atomic E-state index is -2.32. The molecule has 0 saturated carbocycles. The third kappa shape index (κ3) is 7.50. The Morgan fingerprint density at radius 1 is 0.848 bits per heavy atom. The van der Waals surface area contributed by atoms with Crippen molar-refractivity contribution >= 4 is 22.1 Å². The summed E-state index contributed by atoms with van der Waals surface area (Å²) in [6, 6.07) is 31.8. The minimum absolute atomic E-state index is 0. The van der Waals surface area contributed by atoms with Crippen LogP contribution in [-0.2, 0) is 26.5 Å². The Morgan fingerprint density at radius 3 is 2.46 bits per heavy atom. The number of fused-ring (bicyclic) bond motifs is 3. The van der Waals surface area contributed by atoms with Crippen molar-refractivity contribution in [2.75, 3.05) is 0 Å². The van der Waals surface area contributed by atoms with Gasteiger partial charge in [-0.2, -0.15) is 0 Å². The Bertz CT molecular complexity index is 2500. The number of aryl methyl sites for hydroxylation is 3. The first-order valence-electron chi connectivity index (χ1n) is 19.9. The zero-order chi connectivity index (χ0) is 40.8. The third-order valence-corrected chi connectivity index (χ3v) is 6.91. The maximum Gasteiger partial charge on any atom is 0.216 e. The molecule has 46 heavy (non-hydrogen) atoms. The number of hydrogen-bond donors (Lipinski definition) is 0. The Balaban J connectivity index is 0.000000216. The molecule has 0 N–H and O–H groups in total. The standard InChI is InChI=1S/C22H21N2O.C19H16N.Ir/c1-14-8-9-17-16-6-5-7-18(20(16)25-21(17)24-14)19-12-15(10-11-23-19)13-22(2,3)4;1-14-8-11-19(20-13-14)17-10-9-15(2)18(12-17)16-6-4-3-5-7-16;/h5-6,8-12H,13H2,1-4H3;3-9,11-13H,1-2H3;/q2*-1;/i1D3,13D2;1D3,2D3;. The molecule has 0 bridgehead atoms. The van der Waals surface area contributed by atoms with Gasteiger partial charge in [-0.15, -0.1) is 47.5 Å². The van der Waals surface area contributed by atoms with E-state index in [1.807, 2.05) is 57.2 Å². The van der Waals surface area contributed by atoms with E-state index < -0.39 is 32.3 Å². The molecule has 0 aliphatic carbocycles. The van der Waals surface area contributed by atoms with E-state index in [-0.39, 0.29) is 42.6 Å². The molecule has 1 radical (unpaired) electrons. The number of furan rings is 1. The van der Waals surface area contributed by atoms with Crippen LogP contribution in [0.15, 0.2) is 108 Å². The van der Waals surface area contributed by atoms with Crippen LogP contribution in [-0.4, -0.2) is 15.0 Å². The molecule has 4 aromatic heterocycles. The fraction of sp³-hybridized carbons (Fsp3) is 0.195. The van der Waals surface area contributed by atoms with Crippen LogP contribution >= 0.6 is 0 Å². The second-order valence-electron chi connectivity index (χ2n) is 11.5. The molecule has 0 aliphatic heterocycles. The summed E-state index contributed by atoms with van der Waals surface area (Å²) in [5.74, 6) is 0. The Labute approximate surface area is 300 Å². The van der Waals surface area contributed by atoms with E-state index in [4.69, 9.17) is 19.5 Å². The third-order valence-electron chi connectivity index (χ3n) is 6.91. The summed E-state index contributed by atoms with van der Waals surface area (Å²) in [7, 11) is 0. The second-order valence-corrected chi connectivity index (χ2v) is 11.5. The van der Waals surface area contributed by atoms with Crippen molar-refractivity contribution in [3.05, 3.63) is 138 Å². The van der Waals surface area contributed by atoms with Gasteiger partial charge in [0.05, 0.1) is 5.58 Å². The van der Waals surface area contributed by atoms with Crippen molar-refractivity contribution in [1.29, 1.82) is 0 Å². The largest absolute Gasteiger partial charge is 0.486 e.